The number of ether oxygens (including phenoxy) is 1. The maximum Gasteiger partial charge on any atom is 0.328 e. The lowest BCUT2D eigenvalue weighted by atomic mass is 9.97. The topological polar surface area (TPSA) is 119 Å². The minimum atomic E-state index is -2.72. The van der Waals surface area contributed by atoms with E-state index in [0.717, 1.165) is 10.7 Å². The van der Waals surface area contributed by atoms with Crippen molar-refractivity contribution in [3.63, 3.8) is 0 Å². The minimum Gasteiger partial charge on any atom is -0.393 e. The Balaban J connectivity index is 2.10. The second-order valence-corrected chi connectivity index (χ2v) is 4.61. The number of nitrogens with two attached hydrogens (primary N) is 1. The molecule has 8 nitrogen and oxygen atoms in total. The molecular formula is C10H10F3N5O3. The van der Waals surface area contributed by atoms with E-state index in [4.69, 9.17) is 10.8 Å². The molecule has 0 aliphatic carbocycles. The molecule has 0 aromatic carbocycles. The van der Waals surface area contributed by atoms with Crippen LogP contribution in [0.5, 0.6) is 0 Å². The molecule has 2 aromatic heterocycles. The molecule has 4 N–H and O–H groups in total. The molecule has 1 aliphatic heterocycles. The molecule has 3 rings (SSSR count). The summed E-state index contributed by atoms with van der Waals surface area (Å²) in [5.41, 5.74) is 2.48. The first-order valence-corrected chi connectivity index (χ1v) is 5.82. The number of alkyl halides is 2. The Morgan fingerprint density at radius 3 is 2.81 bits per heavy atom. The Bertz CT molecular complexity index is 698. The zero-order valence-corrected chi connectivity index (χ0v) is 10.3. The number of halogens is 3. The third-order valence-corrected chi connectivity index (χ3v) is 3.34. The van der Waals surface area contributed by atoms with Crippen molar-refractivity contribution in [2.45, 2.75) is 24.2 Å². The predicted molar refractivity (Wildman–Crippen MR) is 60.8 cm³/mol. The van der Waals surface area contributed by atoms with E-state index in [0.29, 0.717) is 0 Å². The molecule has 1 fully saturated rings. The second-order valence-electron chi connectivity index (χ2n) is 4.61. The molecule has 1 saturated heterocycles. The van der Waals surface area contributed by atoms with Crippen molar-refractivity contribution >= 4 is 11.5 Å². The summed E-state index contributed by atoms with van der Waals surface area (Å²) in [7, 11) is 0. The first-order chi connectivity index (χ1) is 9.88. The molecule has 11 heteroatoms. The lowest BCUT2D eigenvalue weighted by Gasteiger charge is -2.22. The SMILES string of the molecule is Nc1nc(F)nn2c([C@@H]3OC(F)C(O)(CO)[C@H]3F)cnc12. The number of hydrogen-bond acceptors (Lipinski definition) is 7. The van der Waals surface area contributed by atoms with E-state index >= 15 is 0 Å². The van der Waals surface area contributed by atoms with Crippen LogP contribution in [0.1, 0.15) is 11.8 Å². The first-order valence-electron chi connectivity index (χ1n) is 5.82. The summed E-state index contributed by atoms with van der Waals surface area (Å²) in [6, 6.07) is 0. The van der Waals surface area contributed by atoms with Crippen molar-refractivity contribution in [3.05, 3.63) is 18.0 Å². The van der Waals surface area contributed by atoms with Crippen LogP contribution in [-0.2, 0) is 4.74 Å². The number of aliphatic hydroxyl groups excluding tert-OH is 1. The highest BCUT2D eigenvalue weighted by Crippen LogP contribution is 2.42. The summed E-state index contributed by atoms with van der Waals surface area (Å²) in [4.78, 5) is 7.01. The molecule has 2 unspecified atom stereocenters. The molecule has 0 amide bonds. The summed E-state index contributed by atoms with van der Waals surface area (Å²) >= 11 is 0. The molecule has 0 bridgehead atoms. The standard InChI is InChI=1S/C10H10F3N5O3/c11-5-4(21-8(12)10(5,20)2-19)3-1-15-7-6(14)16-9(13)17-18(3)7/h1,4-5,8,19-20H,2H2,(H2,14,16,17)/t4-,5-,8?,10?/m0/s1. The average molecular weight is 305 g/mol. The number of fused-ring (bicyclic) bond motifs is 1. The molecule has 1 aliphatic rings. The molecular weight excluding hydrogens is 295 g/mol. The van der Waals surface area contributed by atoms with Crippen LogP contribution in [-0.4, -0.2) is 54.5 Å². The third-order valence-electron chi connectivity index (χ3n) is 3.34. The van der Waals surface area contributed by atoms with Gasteiger partial charge in [-0.3, -0.25) is 0 Å². The molecule has 21 heavy (non-hydrogen) atoms. The minimum absolute atomic E-state index is 0.0722. The maximum atomic E-state index is 14.2. The highest BCUT2D eigenvalue weighted by atomic mass is 19.2. The van der Waals surface area contributed by atoms with Crippen molar-refractivity contribution in [2.75, 3.05) is 12.3 Å². The quantitative estimate of drug-likeness (QED) is 0.669. The van der Waals surface area contributed by atoms with Gasteiger partial charge < -0.3 is 20.7 Å². The van der Waals surface area contributed by atoms with Gasteiger partial charge in [0.2, 0.25) is 6.36 Å². The van der Waals surface area contributed by atoms with E-state index in [1.54, 1.807) is 0 Å². The van der Waals surface area contributed by atoms with E-state index in [-0.39, 0.29) is 17.2 Å². The lowest BCUT2D eigenvalue weighted by molar-refractivity contribution is -0.146. The van der Waals surface area contributed by atoms with Gasteiger partial charge >= 0.3 is 6.08 Å². The van der Waals surface area contributed by atoms with Gasteiger partial charge in [-0.05, 0) is 0 Å². The molecule has 3 heterocycles. The summed E-state index contributed by atoms with van der Waals surface area (Å²) in [5, 5.41) is 22.0. The molecule has 4 atom stereocenters. The smallest absolute Gasteiger partial charge is 0.328 e. The van der Waals surface area contributed by atoms with Gasteiger partial charge in [-0.15, -0.1) is 5.10 Å². The normalized spacial score (nSPS) is 32.9. The number of hydrogen-bond donors (Lipinski definition) is 3. The molecule has 0 spiro atoms. The van der Waals surface area contributed by atoms with Gasteiger partial charge in [-0.1, -0.05) is 0 Å². The molecule has 0 radical (unpaired) electrons. The monoisotopic (exact) mass is 305 g/mol. The van der Waals surface area contributed by atoms with Crippen LogP contribution in [0, 0.1) is 6.08 Å². The molecule has 0 saturated carbocycles. The van der Waals surface area contributed by atoms with Crippen LogP contribution in [0.15, 0.2) is 6.20 Å². The van der Waals surface area contributed by atoms with Gasteiger partial charge in [0.25, 0.3) is 0 Å². The lowest BCUT2D eigenvalue weighted by Crippen LogP contribution is -2.47. The van der Waals surface area contributed by atoms with Gasteiger partial charge in [-0.2, -0.15) is 9.37 Å². The van der Waals surface area contributed by atoms with Gasteiger partial charge in [0.05, 0.1) is 18.5 Å². The highest BCUT2D eigenvalue weighted by Gasteiger charge is 2.58. The van der Waals surface area contributed by atoms with E-state index in [9.17, 15) is 18.3 Å². The fraction of sp³-hybridized carbons (Fsp3) is 0.500. The number of nitrogens with zero attached hydrogens (tertiary/aromatic N) is 4. The number of aromatic nitrogens is 4. The molecule has 2 aromatic rings. The summed E-state index contributed by atoms with van der Waals surface area (Å²) < 4.78 is 46.5. The second kappa shape index (κ2) is 4.51. The van der Waals surface area contributed by atoms with Gasteiger partial charge in [0.1, 0.15) is 6.10 Å². The first kappa shape index (κ1) is 14.0. The highest BCUT2D eigenvalue weighted by molar-refractivity contribution is 5.59. The molecule has 114 valence electrons. The number of anilines is 1. The summed E-state index contributed by atoms with van der Waals surface area (Å²) in [5.74, 6) is -0.295. The Kier molecular flexibility index (Phi) is 3.00. The van der Waals surface area contributed by atoms with E-state index in [1.165, 1.54) is 0 Å². The van der Waals surface area contributed by atoms with Crippen LogP contribution in [0.4, 0.5) is 19.0 Å². The zero-order valence-electron chi connectivity index (χ0n) is 10.3. The Hall–Kier alpha value is -1.98. The summed E-state index contributed by atoms with van der Waals surface area (Å²) in [6.45, 7) is -1.19. The fourth-order valence-electron chi connectivity index (χ4n) is 2.17. The van der Waals surface area contributed by atoms with Crippen LogP contribution < -0.4 is 5.73 Å². The van der Waals surface area contributed by atoms with E-state index < -0.39 is 36.9 Å². The van der Waals surface area contributed by atoms with E-state index in [2.05, 4.69) is 19.8 Å². The van der Waals surface area contributed by atoms with Gasteiger partial charge in [0.15, 0.2) is 23.2 Å². The van der Waals surface area contributed by atoms with Crippen molar-refractivity contribution in [1.29, 1.82) is 0 Å². The number of aliphatic hydroxyl groups is 2. The predicted octanol–water partition coefficient (Wildman–Crippen LogP) is -0.726. The van der Waals surface area contributed by atoms with E-state index in [1.807, 2.05) is 0 Å². The van der Waals surface area contributed by atoms with Crippen LogP contribution in [0.3, 0.4) is 0 Å². The van der Waals surface area contributed by atoms with Crippen molar-refractivity contribution in [3.8, 4) is 0 Å². The Labute approximate surface area is 115 Å². The van der Waals surface area contributed by atoms with Gasteiger partial charge in [0, 0.05) is 0 Å². The van der Waals surface area contributed by atoms with Crippen molar-refractivity contribution < 1.29 is 28.1 Å². The van der Waals surface area contributed by atoms with Crippen LogP contribution in [0.25, 0.3) is 5.65 Å². The maximum absolute atomic E-state index is 14.2. The van der Waals surface area contributed by atoms with Crippen LogP contribution >= 0.6 is 0 Å². The third kappa shape index (κ3) is 1.85. The zero-order chi connectivity index (χ0) is 15.4. The Morgan fingerprint density at radius 1 is 1.48 bits per heavy atom. The fourth-order valence-corrected chi connectivity index (χ4v) is 2.17. The summed E-state index contributed by atoms with van der Waals surface area (Å²) in [6.07, 6.45) is -6.55. The average Bonchev–Trinajstić information content (AvgIpc) is 2.94. The van der Waals surface area contributed by atoms with Gasteiger partial charge in [-0.25, -0.2) is 18.3 Å². The van der Waals surface area contributed by atoms with Crippen molar-refractivity contribution in [2.24, 2.45) is 0 Å². The Morgan fingerprint density at radius 2 is 2.19 bits per heavy atom. The largest absolute Gasteiger partial charge is 0.393 e. The van der Waals surface area contributed by atoms with Crippen LogP contribution in [0.2, 0.25) is 0 Å². The van der Waals surface area contributed by atoms with Crippen molar-refractivity contribution in [1.82, 2.24) is 19.6 Å². The number of rotatable bonds is 2. The number of imidazole rings is 1. The number of nitrogen functional groups attached to an aromatic ring is 1.